The van der Waals surface area contributed by atoms with Crippen LogP contribution in [0.3, 0.4) is 0 Å². The van der Waals surface area contributed by atoms with Crippen molar-refractivity contribution in [3.63, 3.8) is 0 Å². The first-order chi connectivity index (χ1) is 8.04. The van der Waals surface area contributed by atoms with Crippen molar-refractivity contribution >= 4 is 12.0 Å². The Bertz CT molecular complexity index is 283. The fourth-order valence-electron chi connectivity index (χ4n) is 1.93. The Morgan fingerprint density at radius 2 is 2.24 bits per heavy atom. The van der Waals surface area contributed by atoms with Crippen molar-refractivity contribution in [1.82, 2.24) is 10.2 Å². The first kappa shape index (κ1) is 13.8. The molecule has 0 aliphatic carbocycles. The number of nitrogens with one attached hydrogen (secondary N) is 1. The summed E-state index contributed by atoms with van der Waals surface area (Å²) in [6.07, 6.45) is 2.06. The summed E-state index contributed by atoms with van der Waals surface area (Å²) in [5.74, 6) is -1.02. The number of rotatable bonds is 4. The van der Waals surface area contributed by atoms with Gasteiger partial charge in [0.1, 0.15) is 6.04 Å². The van der Waals surface area contributed by atoms with Crippen molar-refractivity contribution in [2.75, 3.05) is 13.1 Å². The van der Waals surface area contributed by atoms with E-state index >= 15 is 0 Å². The van der Waals surface area contributed by atoms with Crippen LogP contribution in [0.4, 0.5) is 4.79 Å². The number of carboxylic acid groups (broad SMARTS) is 1. The fourth-order valence-corrected chi connectivity index (χ4v) is 1.93. The molecule has 1 heterocycles. The second-order valence-corrected chi connectivity index (χ2v) is 4.37. The maximum atomic E-state index is 11.8. The Hall–Kier alpha value is -1.30. The molecule has 0 bridgehead atoms. The number of urea groups is 1. The average molecular weight is 244 g/mol. The molecule has 1 fully saturated rings. The Morgan fingerprint density at radius 1 is 1.53 bits per heavy atom. The third-order valence-electron chi connectivity index (χ3n) is 2.86. The van der Waals surface area contributed by atoms with Gasteiger partial charge in [-0.05, 0) is 19.3 Å². The molecule has 6 nitrogen and oxygen atoms in total. The third-order valence-corrected chi connectivity index (χ3v) is 2.86. The molecular formula is C11H20N2O4. The number of nitrogens with zero attached hydrogens (tertiary/aromatic N) is 1. The summed E-state index contributed by atoms with van der Waals surface area (Å²) in [5, 5.41) is 20.8. The lowest BCUT2D eigenvalue weighted by molar-refractivity contribution is -0.139. The summed E-state index contributed by atoms with van der Waals surface area (Å²) in [4.78, 5) is 24.1. The number of likely N-dealkylation sites (tertiary alicyclic amines) is 1. The molecule has 0 radical (unpaired) electrons. The van der Waals surface area contributed by atoms with E-state index in [0.29, 0.717) is 25.8 Å². The number of amides is 2. The van der Waals surface area contributed by atoms with Crippen LogP contribution in [0.5, 0.6) is 0 Å². The van der Waals surface area contributed by atoms with Gasteiger partial charge in [-0.15, -0.1) is 0 Å². The van der Waals surface area contributed by atoms with Gasteiger partial charge < -0.3 is 20.4 Å². The van der Waals surface area contributed by atoms with Gasteiger partial charge in [-0.3, -0.25) is 0 Å². The van der Waals surface area contributed by atoms with Crippen molar-refractivity contribution in [3.05, 3.63) is 0 Å². The molecule has 0 aromatic carbocycles. The van der Waals surface area contributed by atoms with Crippen molar-refractivity contribution in [2.45, 2.75) is 44.8 Å². The quantitative estimate of drug-likeness (QED) is 0.668. The number of hydrogen-bond donors (Lipinski definition) is 3. The Balaban J connectivity index is 2.48. The van der Waals surface area contributed by atoms with Gasteiger partial charge in [0.25, 0.3) is 0 Å². The Morgan fingerprint density at radius 3 is 2.76 bits per heavy atom. The third kappa shape index (κ3) is 4.22. The van der Waals surface area contributed by atoms with Gasteiger partial charge in [-0.2, -0.15) is 0 Å². The van der Waals surface area contributed by atoms with Crippen LogP contribution in [0.1, 0.15) is 32.6 Å². The van der Waals surface area contributed by atoms with Crippen LogP contribution in [-0.2, 0) is 4.79 Å². The van der Waals surface area contributed by atoms with Gasteiger partial charge in [-0.1, -0.05) is 13.3 Å². The van der Waals surface area contributed by atoms with Crippen LogP contribution >= 0.6 is 0 Å². The zero-order valence-corrected chi connectivity index (χ0v) is 10.1. The summed E-state index contributed by atoms with van der Waals surface area (Å²) in [7, 11) is 0. The van der Waals surface area contributed by atoms with Gasteiger partial charge in [-0.25, -0.2) is 9.59 Å². The van der Waals surface area contributed by atoms with E-state index < -0.39 is 24.1 Å². The summed E-state index contributed by atoms with van der Waals surface area (Å²) < 4.78 is 0. The Labute approximate surface area is 101 Å². The fraction of sp³-hybridized carbons (Fsp3) is 0.818. The molecule has 1 saturated heterocycles. The first-order valence-corrected chi connectivity index (χ1v) is 6.01. The lowest BCUT2D eigenvalue weighted by Crippen LogP contribution is -2.51. The number of carbonyl (C=O) groups excluding carboxylic acids is 1. The van der Waals surface area contributed by atoms with E-state index in [0.717, 1.165) is 6.42 Å². The second-order valence-electron chi connectivity index (χ2n) is 4.37. The minimum absolute atomic E-state index is 0.282. The van der Waals surface area contributed by atoms with Gasteiger partial charge in [0.2, 0.25) is 0 Å². The standard InChI is InChI=1S/C11H20N2O4/c1-2-4-9(10(15)16)12-11(17)13-6-3-5-8(14)7-13/h8-9,14H,2-7H2,1H3,(H,12,17)(H,15,16)/t8?,9-/m1/s1. The molecule has 98 valence electrons. The van der Waals surface area contributed by atoms with E-state index in [1.54, 1.807) is 0 Å². The summed E-state index contributed by atoms with van der Waals surface area (Å²) in [6, 6.07) is -1.24. The monoisotopic (exact) mass is 244 g/mol. The lowest BCUT2D eigenvalue weighted by atomic mass is 10.1. The van der Waals surface area contributed by atoms with E-state index in [2.05, 4.69) is 5.32 Å². The van der Waals surface area contributed by atoms with Crippen LogP contribution in [0.25, 0.3) is 0 Å². The van der Waals surface area contributed by atoms with Crippen LogP contribution in [-0.4, -0.2) is 52.3 Å². The number of aliphatic hydroxyl groups excluding tert-OH is 1. The molecule has 0 saturated carbocycles. The van der Waals surface area contributed by atoms with Gasteiger partial charge >= 0.3 is 12.0 Å². The molecule has 1 aliphatic rings. The maximum absolute atomic E-state index is 11.8. The van der Waals surface area contributed by atoms with Crippen molar-refractivity contribution < 1.29 is 19.8 Å². The van der Waals surface area contributed by atoms with E-state index in [-0.39, 0.29) is 6.54 Å². The van der Waals surface area contributed by atoms with Crippen molar-refractivity contribution in [3.8, 4) is 0 Å². The van der Waals surface area contributed by atoms with E-state index in [9.17, 15) is 14.7 Å². The first-order valence-electron chi connectivity index (χ1n) is 6.01. The highest BCUT2D eigenvalue weighted by molar-refractivity contribution is 5.82. The molecule has 1 rings (SSSR count). The van der Waals surface area contributed by atoms with Crippen LogP contribution < -0.4 is 5.32 Å². The minimum atomic E-state index is -1.02. The van der Waals surface area contributed by atoms with Crippen molar-refractivity contribution in [1.29, 1.82) is 0 Å². The molecule has 2 amide bonds. The highest BCUT2D eigenvalue weighted by atomic mass is 16.4. The average Bonchev–Trinajstić information content (AvgIpc) is 2.28. The molecule has 3 N–H and O–H groups in total. The minimum Gasteiger partial charge on any atom is -0.480 e. The SMILES string of the molecule is CCC[C@@H](NC(=O)N1CCCC(O)C1)C(=O)O. The maximum Gasteiger partial charge on any atom is 0.326 e. The number of piperidine rings is 1. The molecule has 0 aromatic heterocycles. The van der Waals surface area contributed by atoms with E-state index in [1.807, 2.05) is 6.92 Å². The molecule has 1 unspecified atom stereocenters. The molecule has 0 aromatic rings. The molecule has 6 heteroatoms. The summed E-state index contributed by atoms with van der Waals surface area (Å²) in [6.45, 7) is 2.72. The van der Waals surface area contributed by atoms with Crippen LogP contribution in [0, 0.1) is 0 Å². The lowest BCUT2D eigenvalue weighted by Gasteiger charge is -2.31. The second kappa shape index (κ2) is 6.44. The number of β-amino-alcohol motifs (C(OH)–C–C–N with tert-alkyl or cyclic N) is 1. The summed E-state index contributed by atoms with van der Waals surface area (Å²) >= 11 is 0. The van der Waals surface area contributed by atoms with Crippen LogP contribution in [0.2, 0.25) is 0 Å². The molecular weight excluding hydrogens is 224 g/mol. The predicted octanol–water partition coefficient (Wildman–Crippen LogP) is 0.406. The Kier molecular flexibility index (Phi) is 5.21. The predicted molar refractivity (Wildman–Crippen MR) is 61.7 cm³/mol. The smallest absolute Gasteiger partial charge is 0.326 e. The highest BCUT2D eigenvalue weighted by Gasteiger charge is 2.25. The van der Waals surface area contributed by atoms with Crippen LogP contribution in [0.15, 0.2) is 0 Å². The van der Waals surface area contributed by atoms with Crippen molar-refractivity contribution in [2.24, 2.45) is 0 Å². The van der Waals surface area contributed by atoms with E-state index in [4.69, 9.17) is 5.11 Å². The number of carbonyl (C=O) groups is 2. The number of carboxylic acids is 1. The number of aliphatic carboxylic acids is 1. The van der Waals surface area contributed by atoms with Gasteiger partial charge in [0.15, 0.2) is 0 Å². The molecule has 2 atom stereocenters. The summed E-state index contributed by atoms with van der Waals surface area (Å²) in [5.41, 5.74) is 0. The molecule has 0 spiro atoms. The largest absolute Gasteiger partial charge is 0.480 e. The number of hydrogen-bond acceptors (Lipinski definition) is 3. The van der Waals surface area contributed by atoms with Gasteiger partial charge in [0.05, 0.1) is 6.10 Å². The molecule has 1 aliphatic heterocycles. The van der Waals surface area contributed by atoms with E-state index in [1.165, 1.54) is 4.90 Å². The zero-order valence-electron chi connectivity index (χ0n) is 10.1. The highest BCUT2D eigenvalue weighted by Crippen LogP contribution is 2.10. The zero-order chi connectivity index (χ0) is 12.8. The number of aliphatic hydroxyl groups is 1. The van der Waals surface area contributed by atoms with Gasteiger partial charge in [0, 0.05) is 13.1 Å². The topological polar surface area (TPSA) is 89.9 Å². The normalized spacial score (nSPS) is 22.0. The molecule has 17 heavy (non-hydrogen) atoms.